The van der Waals surface area contributed by atoms with Crippen LogP contribution in [0.2, 0.25) is 0 Å². The molecule has 4 rings (SSSR count). The van der Waals surface area contributed by atoms with Crippen molar-refractivity contribution in [2.45, 2.75) is 178 Å². The lowest BCUT2D eigenvalue weighted by atomic mass is 9.95. The van der Waals surface area contributed by atoms with Crippen molar-refractivity contribution in [1.29, 1.82) is 0 Å². The van der Waals surface area contributed by atoms with Crippen molar-refractivity contribution in [3.05, 3.63) is 0 Å². The molecule has 0 aromatic carbocycles. The lowest BCUT2D eigenvalue weighted by Gasteiger charge is -2.50. The predicted octanol–water partition coefficient (Wildman–Crippen LogP) is -3.36. The van der Waals surface area contributed by atoms with Gasteiger partial charge in [0.05, 0.1) is 24.4 Å². The van der Waals surface area contributed by atoms with E-state index >= 15 is 0 Å². The Hall–Kier alpha value is -2.64. The molecule has 4 fully saturated rings. The molecule has 21 nitrogen and oxygen atoms in total. The first-order valence-corrected chi connectivity index (χ1v) is 17.1. The quantitative estimate of drug-likeness (QED) is 0.0934. The Balaban J connectivity index is 1.71. The highest BCUT2D eigenvalue weighted by Crippen LogP contribution is 2.37. The normalized spacial score (nSPS) is 46.2. The Labute approximate surface area is 304 Å². The Bertz CT molecular complexity index is 1280. The number of aliphatic hydroxyl groups excluding tert-OH is 6. The summed E-state index contributed by atoms with van der Waals surface area (Å²) in [4.78, 5) is 49.0. The molecule has 0 spiro atoms. The van der Waals surface area contributed by atoms with Crippen LogP contribution in [0.1, 0.15) is 55.4 Å². The van der Waals surface area contributed by atoms with Gasteiger partial charge in [0, 0.05) is 27.7 Å². The third-order valence-corrected chi connectivity index (χ3v) is 9.14. The van der Waals surface area contributed by atoms with E-state index in [2.05, 4.69) is 0 Å². The molecule has 0 aliphatic carbocycles. The SMILES string of the molecule is CC(=O)O[C@@H]1[C@@H](O[C@@H]2O[C@@H](C)[C@H](O)[C@@H](O)[C@H]2OC(C)=O)[C@@H](OC(C)=O)[C@H](O[C@H]2[C@@H](O)[C@H](O[C@@H]3[C@@H](O)[C@@H](O)[C@H](O)O[C@H]3C)O[C@@H](C)[C@@H]2OC(C)=O)O[C@H]1C. The molecule has 4 saturated heterocycles. The van der Waals surface area contributed by atoms with Gasteiger partial charge < -0.3 is 82.7 Å². The van der Waals surface area contributed by atoms with E-state index in [0.29, 0.717) is 0 Å². The zero-order valence-electron chi connectivity index (χ0n) is 30.4. The van der Waals surface area contributed by atoms with Crippen LogP contribution in [-0.2, 0) is 71.3 Å². The number of hydrogen-bond donors (Lipinski definition) is 6. The largest absolute Gasteiger partial charge is 0.457 e. The maximum absolute atomic E-state index is 12.6. The molecule has 0 saturated carbocycles. The third kappa shape index (κ3) is 9.97. The summed E-state index contributed by atoms with van der Waals surface area (Å²) in [6, 6.07) is 0. The molecule has 20 atom stereocenters. The molecule has 304 valence electrons. The lowest BCUT2D eigenvalue weighted by molar-refractivity contribution is -0.384. The second kappa shape index (κ2) is 17.9. The molecule has 4 heterocycles. The van der Waals surface area contributed by atoms with E-state index in [1.165, 1.54) is 27.7 Å². The molecular weight excluding hydrogens is 720 g/mol. The van der Waals surface area contributed by atoms with Crippen LogP contribution in [0.15, 0.2) is 0 Å². The van der Waals surface area contributed by atoms with Crippen molar-refractivity contribution >= 4 is 23.9 Å². The number of hydrogen-bond acceptors (Lipinski definition) is 21. The zero-order valence-corrected chi connectivity index (χ0v) is 30.4. The number of ether oxygens (including phenoxy) is 11. The minimum Gasteiger partial charge on any atom is -0.457 e. The van der Waals surface area contributed by atoms with Gasteiger partial charge in [0.15, 0.2) is 49.6 Å². The van der Waals surface area contributed by atoms with Gasteiger partial charge in [-0.25, -0.2) is 0 Å². The molecule has 0 aromatic rings. The van der Waals surface area contributed by atoms with E-state index in [0.717, 1.165) is 27.7 Å². The van der Waals surface area contributed by atoms with Gasteiger partial charge in [-0.05, 0) is 27.7 Å². The number of carbonyl (C=O) groups is 4. The Kier molecular flexibility index (Phi) is 14.5. The van der Waals surface area contributed by atoms with Crippen LogP contribution in [0.3, 0.4) is 0 Å². The van der Waals surface area contributed by atoms with Gasteiger partial charge in [0.1, 0.15) is 48.8 Å². The molecule has 6 N–H and O–H groups in total. The first kappa shape index (κ1) is 43.1. The second-order valence-electron chi connectivity index (χ2n) is 13.4. The number of rotatable bonds is 10. The van der Waals surface area contributed by atoms with Crippen LogP contribution in [-0.4, -0.2) is 177 Å². The molecular formula is C32H50O21. The van der Waals surface area contributed by atoms with E-state index in [1.807, 2.05) is 0 Å². The molecule has 4 aliphatic heterocycles. The summed E-state index contributed by atoms with van der Waals surface area (Å²) in [5, 5.41) is 63.6. The minimum absolute atomic E-state index is 0.807. The maximum atomic E-state index is 12.6. The van der Waals surface area contributed by atoms with Gasteiger partial charge in [-0.2, -0.15) is 0 Å². The molecule has 0 bridgehead atoms. The lowest BCUT2D eigenvalue weighted by Crippen LogP contribution is -2.67. The first-order valence-electron chi connectivity index (χ1n) is 17.1. The summed E-state index contributed by atoms with van der Waals surface area (Å²) >= 11 is 0. The van der Waals surface area contributed by atoms with Crippen molar-refractivity contribution in [1.82, 2.24) is 0 Å². The second-order valence-corrected chi connectivity index (χ2v) is 13.4. The van der Waals surface area contributed by atoms with Crippen LogP contribution in [0, 0.1) is 0 Å². The van der Waals surface area contributed by atoms with Crippen LogP contribution in [0.25, 0.3) is 0 Å². The maximum Gasteiger partial charge on any atom is 0.303 e. The van der Waals surface area contributed by atoms with Gasteiger partial charge in [-0.15, -0.1) is 0 Å². The first-order chi connectivity index (χ1) is 24.7. The summed E-state index contributed by atoms with van der Waals surface area (Å²) in [5.41, 5.74) is 0. The highest BCUT2D eigenvalue weighted by Gasteiger charge is 2.57. The fourth-order valence-corrected chi connectivity index (χ4v) is 6.62. The number of esters is 4. The van der Waals surface area contributed by atoms with Crippen molar-refractivity contribution < 1.29 is 102 Å². The van der Waals surface area contributed by atoms with Crippen LogP contribution < -0.4 is 0 Å². The average Bonchev–Trinajstić information content (AvgIpc) is 3.05. The topological polar surface area (TPSA) is 291 Å². The fraction of sp³-hybridized carbons (Fsp3) is 0.875. The molecule has 0 radical (unpaired) electrons. The monoisotopic (exact) mass is 770 g/mol. The predicted molar refractivity (Wildman–Crippen MR) is 166 cm³/mol. The van der Waals surface area contributed by atoms with E-state index in [9.17, 15) is 49.8 Å². The highest BCUT2D eigenvalue weighted by atomic mass is 16.8. The Morgan fingerprint density at radius 2 is 0.755 bits per heavy atom. The van der Waals surface area contributed by atoms with Gasteiger partial charge >= 0.3 is 23.9 Å². The standard InChI is InChI=1S/C32H50O21/c1-9-17(37)18(38)26(49-15(7)35)31(44-9)53-27-24(48-14(6)34)12(4)46-32(28(27)50-16(8)36)52-25-21(41)30(45-11(3)23(25)47-13(5)33)51-22-10(2)43-29(42)20(40)19(22)39/h9-12,17-32,37-42H,1-8H3/t9-,10-,11-,12-,17-,18+,19-,20+,21+,22-,23-,24-,25-,26+,27+,28+,29+,30-,31-,32-/m0/s1. The Morgan fingerprint density at radius 3 is 1.30 bits per heavy atom. The van der Waals surface area contributed by atoms with Gasteiger partial charge in [0.2, 0.25) is 0 Å². The average molecular weight is 771 g/mol. The van der Waals surface area contributed by atoms with Gasteiger partial charge in [-0.3, -0.25) is 19.2 Å². The van der Waals surface area contributed by atoms with Crippen molar-refractivity contribution in [2.24, 2.45) is 0 Å². The van der Waals surface area contributed by atoms with Gasteiger partial charge in [-0.1, -0.05) is 0 Å². The van der Waals surface area contributed by atoms with Gasteiger partial charge in [0.25, 0.3) is 0 Å². The fourth-order valence-electron chi connectivity index (χ4n) is 6.62. The van der Waals surface area contributed by atoms with E-state index in [1.54, 1.807) is 0 Å². The summed E-state index contributed by atoms with van der Waals surface area (Å²) in [7, 11) is 0. The number of aliphatic hydroxyl groups is 6. The van der Waals surface area contributed by atoms with Crippen molar-refractivity contribution in [3.8, 4) is 0 Å². The minimum atomic E-state index is -1.87. The third-order valence-electron chi connectivity index (χ3n) is 9.14. The summed E-state index contributed by atoms with van der Waals surface area (Å²) < 4.78 is 62.9. The molecule has 53 heavy (non-hydrogen) atoms. The van der Waals surface area contributed by atoms with Crippen molar-refractivity contribution in [2.75, 3.05) is 0 Å². The van der Waals surface area contributed by atoms with Crippen LogP contribution >= 0.6 is 0 Å². The van der Waals surface area contributed by atoms with E-state index < -0.39 is 147 Å². The smallest absolute Gasteiger partial charge is 0.303 e. The molecule has 21 heteroatoms. The Morgan fingerprint density at radius 1 is 0.377 bits per heavy atom. The van der Waals surface area contributed by atoms with Crippen LogP contribution in [0.4, 0.5) is 0 Å². The van der Waals surface area contributed by atoms with Crippen molar-refractivity contribution in [3.63, 3.8) is 0 Å². The van der Waals surface area contributed by atoms with E-state index in [4.69, 9.17) is 52.1 Å². The summed E-state index contributed by atoms with van der Waals surface area (Å²) in [6.07, 6.45) is -30.3. The zero-order chi connectivity index (χ0) is 39.6. The molecule has 4 aliphatic rings. The highest BCUT2D eigenvalue weighted by molar-refractivity contribution is 5.67. The summed E-state index contributed by atoms with van der Waals surface area (Å²) in [6.45, 7) is 10.00. The van der Waals surface area contributed by atoms with Crippen LogP contribution in [0.5, 0.6) is 0 Å². The van der Waals surface area contributed by atoms with E-state index in [-0.39, 0.29) is 0 Å². The molecule has 0 aromatic heterocycles. The molecule has 0 unspecified atom stereocenters. The summed E-state index contributed by atoms with van der Waals surface area (Å²) in [5.74, 6) is -3.40. The number of carbonyl (C=O) groups excluding carboxylic acids is 4. The molecule has 0 amide bonds.